The van der Waals surface area contributed by atoms with Gasteiger partial charge in [0.1, 0.15) is 5.82 Å². The number of aromatic nitrogens is 2. The minimum Gasteiger partial charge on any atom is -0.390 e. The molecular formula is C23H27N3O2. The van der Waals surface area contributed by atoms with Crippen LogP contribution in [0.1, 0.15) is 25.7 Å². The molecule has 0 spiro atoms. The van der Waals surface area contributed by atoms with E-state index in [-0.39, 0.29) is 12.1 Å². The van der Waals surface area contributed by atoms with Crippen molar-refractivity contribution in [3.63, 3.8) is 0 Å². The second-order valence-electron chi connectivity index (χ2n) is 7.60. The zero-order chi connectivity index (χ0) is 19.3. The number of β-amino-alcohol motifs (C(OH)–C–C–N with tert-alkyl or cyclic N) is 1. The van der Waals surface area contributed by atoms with E-state index in [1.807, 2.05) is 48.5 Å². The first-order chi connectivity index (χ1) is 13.7. The van der Waals surface area contributed by atoms with Gasteiger partial charge in [-0.2, -0.15) is 0 Å². The molecule has 0 bridgehead atoms. The third kappa shape index (κ3) is 4.16. The number of nitrogens with zero attached hydrogens (tertiary/aromatic N) is 3. The van der Waals surface area contributed by atoms with E-state index < -0.39 is 6.10 Å². The number of fused-ring (bicyclic) bond motifs is 1. The number of hydrogen-bond acceptors (Lipinski definition) is 4. The Balaban J connectivity index is 1.68. The molecule has 1 fully saturated rings. The van der Waals surface area contributed by atoms with Crippen molar-refractivity contribution in [1.82, 2.24) is 14.5 Å². The highest BCUT2D eigenvalue weighted by Gasteiger charge is 2.18. The Morgan fingerprint density at radius 1 is 0.893 bits per heavy atom. The summed E-state index contributed by atoms with van der Waals surface area (Å²) < 4.78 is 1.64. The number of aliphatic hydroxyl groups excluding tert-OH is 1. The lowest BCUT2D eigenvalue weighted by molar-refractivity contribution is 0.0990. The van der Waals surface area contributed by atoms with Gasteiger partial charge in [0.2, 0.25) is 0 Å². The van der Waals surface area contributed by atoms with Gasteiger partial charge in [0, 0.05) is 12.1 Å². The predicted octanol–water partition coefficient (Wildman–Crippen LogP) is 3.30. The third-order valence-electron chi connectivity index (χ3n) is 5.45. The van der Waals surface area contributed by atoms with Crippen LogP contribution in [0.2, 0.25) is 0 Å². The van der Waals surface area contributed by atoms with Crippen LogP contribution in [-0.2, 0) is 6.54 Å². The van der Waals surface area contributed by atoms with Gasteiger partial charge in [-0.1, -0.05) is 55.3 Å². The monoisotopic (exact) mass is 377 g/mol. The van der Waals surface area contributed by atoms with Gasteiger partial charge in [-0.25, -0.2) is 4.98 Å². The molecule has 0 radical (unpaired) electrons. The topological polar surface area (TPSA) is 58.4 Å². The Kier molecular flexibility index (Phi) is 5.84. The molecular weight excluding hydrogens is 350 g/mol. The maximum Gasteiger partial charge on any atom is 0.261 e. The van der Waals surface area contributed by atoms with Crippen LogP contribution >= 0.6 is 0 Å². The summed E-state index contributed by atoms with van der Waals surface area (Å²) in [6.07, 6.45) is 4.28. The number of hydrogen-bond donors (Lipinski definition) is 1. The van der Waals surface area contributed by atoms with E-state index in [2.05, 4.69) is 4.90 Å². The van der Waals surface area contributed by atoms with E-state index in [9.17, 15) is 9.90 Å². The van der Waals surface area contributed by atoms with Gasteiger partial charge in [0.25, 0.3) is 5.56 Å². The van der Waals surface area contributed by atoms with Crippen molar-refractivity contribution in [3.8, 4) is 11.4 Å². The van der Waals surface area contributed by atoms with Crippen molar-refractivity contribution in [2.45, 2.75) is 38.3 Å². The molecule has 5 nitrogen and oxygen atoms in total. The molecule has 1 unspecified atom stereocenters. The van der Waals surface area contributed by atoms with E-state index >= 15 is 0 Å². The number of benzene rings is 2. The number of rotatable bonds is 5. The van der Waals surface area contributed by atoms with E-state index in [1.165, 1.54) is 25.7 Å². The fourth-order valence-corrected chi connectivity index (χ4v) is 4.03. The van der Waals surface area contributed by atoms with Gasteiger partial charge in [-0.15, -0.1) is 0 Å². The molecule has 4 rings (SSSR count). The number of aliphatic hydroxyl groups is 1. The molecule has 1 aromatic heterocycles. The zero-order valence-corrected chi connectivity index (χ0v) is 16.1. The van der Waals surface area contributed by atoms with Crippen molar-refractivity contribution in [1.29, 1.82) is 0 Å². The van der Waals surface area contributed by atoms with Gasteiger partial charge in [0.05, 0.1) is 23.6 Å². The average Bonchev–Trinajstić information content (AvgIpc) is 2.99. The number of likely N-dealkylation sites (tertiary alicyclic amines) is 1. The van der Waals surface area contributed by atoms with Gasteiger partial charge in [-0.3, -0.25) is 9.36 Å². The van der Waals surface area contributed by atoms with Crippen LogP contribution in [-0.4, -0.2) is 45.3 Å². The SMILES string of the molecule is O=c1c2ccccc2nc(-c2ccccc2)n1CC(O)CN1CCCCCC1. The van der Waals surface area contributed by atoms with E-state index in [1.54, 1.807) is 10.6 Å². The molecule has 0 saturated carbocycles. The van der Waals surface area contributed by atoms with E-state index in [0.717, 1.165) is 18.7 Å². The summed E-state index contributed by atoms with van der Waals surface area (Å²) in [5.74, 6) is 0.610. The van der Waals surface area contributed by atoms with Crippen LogP contribution < -0.4 is 5.56 Å². The van der Waals surface area contributed by atoms with Gasteiger partial charge in [0.15, 0.2) is 0 Å². The van der Waals surface area contributed by atoms with Crippen LogP contribution in [0.5, 0.6) is 0 Å². The summed E-state index contributed by atoms with van der Waals surface area (Å²) in [5, 5.41) is 11.4. The number of para-hydroxylation sites is 1. The molecule has 0 amide bonds. The molecule has 3 aromatic rings. The molecule has 146 valence electrons. The molecule has 2 aromatic carbocycles. The Labute approximate surface area is 165 Å². The van der Waals surface area contributed by atoms with Crippen LogP contribution in [0, 0.1) is 0 Å². The third-order valence-corrected chi connectivity index (χ3v) is 5.45. The Morgan fingerprint density at radius 2 is 1.57 bits per heavy atom. The summed E-state index contributed by atoms with van der Waals surface area (Å²) in [4.78, 5) is 20.3. The molecule has 1 N–H and O–H groups in total. The van der Waals surface area contributed by atoms with Crippen LogP contribution in [0.25, 0.3) is 22.3 Å². The average molecular weight is 377 g/mol. The first-order valence-corrected chi connectivity index (χ1v) is 10.2. The second kappa shape index (κ2) is 8.67. The highest BCUT2D eigenvalue weighted by atomic mass is 16.3. The fourth-order valence-electron chi connectivity index (χ4n) is 4.03. The lowest BCUT2D eigenvalue weighted by atomic mass is 10.1. The standard InChI is InChI=1S/C23H27N3O2/c27-19(16-25-14-8-1-2-9-15-25)17-26-22(18-10-4-3-5-11-18)24-21-13-7-6-12-20(21)23(26)28/h3-7,10-13,19,27H,1-2,8-9,14-17H2. The van der Waals surface area contributed by atoms with Crippen molar-refractivity contribution in [2.24, 2.45) is 0 Å². The van der Waals surface area contributed by atoms with E-state index in [4.69, 9.17) is 4.98 Å². The largest absolute Gasteiger partial charge is 0.390 e. The van der Waals surface area contributed by atoms with E-state index in [0.29, 0.717) is 23.3 Å². The Morgan fingerprint density at radius 3 is 2.32 bits per heavy atom. The van der Waals surface area contributed by atoms with Crippen molar-refractivity contribution >= 4 is 10.9 Å². The van der Waals surface area contributed by atoms with Gasteiger partial charge < -0.3 is 10.0 Å². The molecule has 5 heteroatoms. The summed E-state index contributed by atoms with van der Waals surface area (Å²) in [5.41, 5.74) is 1.47. The summed E-state index contributed by atoms with van der Waals surface area (Å²) in [7, 11) is 0. The Hall–Kier alpha value is -2.50. The fraction of sp³-hybridized carbons (Fsp3) is 0.391. The molecule has 0 aliphatic carbocycles. The quantitative estimate of drug-likeness (QED) is 0.741. The molecule has 2 heterocycles. The highest BCUT2D eigenvalue weighted by molar-refractivity contribution is 5.79. The normalized spacial score (nSPS) is 16.8. The van der Waals surface area contributed by atoms with Crippen LogP contribution in [0.4, 0.5) is 0 Å². The van der Waals surface area contributed by atoms with Crippen molar-refractivity contribution < 1.29 is 5.11 Å². The zero-order valence-electron chi connectivity index (χ0n) is 16.1. The van der Waals surface area contributed by atoms with Gasteiger partial charge in [-0.05, 0) is 38.1 Å². The van der Waals surface area contributed by atoms with Gasteiger partial charge >= 0.3 is 0 Å². The van der Waals surface area contributed by atoms with Crippen LogP contribution in [0.15, 0.2) is 59.4 Å². The molecule has 28 heavy (non-hydrogen) atoms. The minimum absolute atomic E-state index is 0.0978. The first kappa shape index (κ1) is 18.8. The maximum atomic E-state index is 13.2. The minimum atomic E-state index is -0.610. The lowest BCUT2D eigenvalue weighted by Gasteiger charge is -2.24. The maximum absolute atomic E-state index is 13.2. The summed E-state index contributed by atoms with van der Waals surface area (Å²) in [6, 6.07) is 17.1. The Bertz CT molecular complexity index is 976. The molecule has 1 saturated heterocycles. The second-order valence-corrected chi connectivity index (χ2v) is 7.60. The van der Waals surface area contributed by atoms with Crippen molar-refractivity contribution in [3.05, 3.63) is 65.0 Å². The molecule has 1 aliphatic rings. The van der Waals surface area contributed by atoms with Crippen LogP contribution in [0.3, 0.4) is 0 Å². The highest BCUT2D eigenvalue weighted by Crippen LogP contribution is 2.19. The predicted molar refractivity (Wildman–Crippen MR) is 112 cm³/mol. The lowest BCUT2D eigenvalue weighted by Crippen LogP contribution is -2.38. The summed E-state index contributed by atoms with van der Waals surface area (Å²) in [6.45, 7) is 2.88. The molecule has 1 atom stereocenters. The summed E-state index contributed by atoms with van der Waals surface area (Å²) >= 11 is 0. The van der Waals surface area contributed by atoms with Crippen molar-refractivity contribution in [2.75, 3.05) is 19.6 Å². The smallest absolute Gasteiger partial charge is 0.261 e. The molecule has 1 aliphatic heterocycles. The first-order valence-electron chi connectivity index (χ1n) is 10.2.